The number of hydrogen-bond donors (Lipinski definition) is 1. The van der Waals surface area contributed by atoms with Crippen LogP contribution in [0.5, 0.6) is 5.75 Å². The molecule has 1 aromatic carbocycles. The van der Waals surface area contributed by atoms with Gasteiger partial charge < -0.3 is 10.1 Å². The van der Waals surface area contributed by atoms with Gasteiger partial charge in [0, 0.05) is 5.54 Å². The Balaban J connectivity index is 1.97. The first-order valence-corrected chi connectivity index (χ1v) is 7.81. The van der Waals surface area contributed by atoms with Gasteiger partial charge in [-0.2, -0.15) is 0 Å². The van der Waals surface area contributed by atoms with Crippen LogP contribution in [0.3, 0.4) is 0 Å². The molecule has 0 aromatic heterocycles. The molecule has 0 radical (unpaired) electrons. The second kappa shape index (κ2) is 5.77. The molecule has 2 heteroatoms. The van der Waals surface area contributed by atoms with E-state index in [1.807, 2.05) is 0 Å². The van der Waals surface area contributed by atoms with Crippen LogP contribution in [-0.2, 0) is 0 Å². The van der Waals surface area contributed by atoms with Gasteiger partial charge in [0.15, 0.2) is 0 Å². The number of ether oxygens (including phenoxy) is 1. The summed E-state index contributed by atoms with van der Waals surface area (Å²) in [6.45, 7) is 11.9. The maximum Gasteiger partial charge on any atom is 0.123 e. The van der Waals surface area contributed by atoms with E-state index in [2.05, 4.69) is 58.1 Å². The molecule has 0 amide bonds. The van der Waals surface area contributed by atoms with Crippen molar-refractivity contribution >= 4 is 0 Å². The molecule has 0 unspecified atom stereocenters. The Labute approximate surface area is 123 Å². The van der Waals surface area contributed by atoms with E-state index in [0.717, 1.165) is 18.7 Å². The fourth-order valence-electron chi connectivity index (χ4n) is 2.79. The summed E-state index contributed by atoms with van der Waals surface area (Å²) < 4.78 is 6.40. The zero-order chi connectivity index (χ0) is 14.8. The maximum atomic E-state index is 6.40. The average Bonchev–Trinajstić information content (AvgIpc) is 2.27. The third-order valence-electron chi connectivity index (χ3n) is 4.16. The van der Waals surface area contributed by atoms with Crippen molar-refractivity contribution < 1.29 is 4.74 Å². The molecule has 0 bridgehead atoms. The molecule has 2 rings (SSSR count). The van der Waals surface area contributed by atoms with Gasteiger partial charge in [-0.3, -0.25) is 0 Å². The molecule has 1 aliphatic carbocycles. The van der Waals surface area contributed by atoms with Crippen molar-refractivity contribution in [2.24, 2.45) is 0 Å². The van der Waals surface area contributed by atoms with Crippen LogP contribution in [0.25, 0.3) is 0 Å². The minimum Gasteiger partial charge on any atom is -0.487 e. The summed E-state index contributed by atoms with van der Waals surface area (Å²) in [5.41, 5.74) is 2.80. The van der Waals surface area contributed by atoms with Crippen molar-refractivity contribution in [3.63, 3.8) is 0 Å². The van der Waals surface area contributed by atoms with Crippen molar-refractivity contribution in [1.29, 1.82) is 0 Å². The van der Waals surface area contributed by atoms with Crippen LogP contribution in [0, 0.1) is 13.8 Å². The lowest BCUT2D eigenvalue weighted by molar-refractivity contribution is -0.0157. The SMILES string of the molecule is Cc1ccc(OC2(CCNC(C)(C)C)CCC2)c(C)c1. The van der Waals surface area contributed by atoms with Crippen LogP contribution in [0.4, 0.5) is 0 Å². The normalized spacial score (nSPS) is 17.6. The average molecular weight is 275 g/mol. The lowest BCUT2D eigenvalue weighted by Crippen LogP contribution is -2.47. The van der Waals surface area contributed by atoms with E-state index in [1.54, 1.807) is 0 Å². The molecule has 1 aliphatic rings. The highest BCUT2D eigenvalue weighted by atomic mass is 16.5. The fraction of sp³-hybridized carbons (Fsp3) is 0.667. The Hall–Kier alpha value is -1.02. The zero-order valence-electron chi connectivity index (χ0n) is 13.7. The molecule has 0 aliphatic heterocycles. The molecule has 1 saturated carbocycles. The van der Waals surface area contributed by atoms with Gasteiger partial charge in [-0.1, -0.05) is 17.7 Å². The molecule has 1 aromatic rings. The topological polar surface area (TPSA) is 21.3 Å². The van der Waals surface area contributed by atoms with Gasteiger partial charge in [-0.15, -0.1) is 0 Å². The van der Waals surface area contributed by atoms with Crippen molar-refractivity contribution in [2.45, 2.75) is 71.4 Å². The van der Waals surface area contributed by atoms with Crippen LogP contribution in [0.15, 0.2) is 18.2 Å². The van der Waals surface area contributed by atoms with E-state index in [9.17, 15) is 0 Å². The molecular weight excluding hydrogens is 246 g/mol. The van der Waals surface area contributed by atoms with Crippen molar-refractivity contribution in [3.05, 3.63) is 29.3 Å². The van der Waals surface area contributed by atoms with Gasteiger partial charge in [0.05, 0.1) is 0 Å². The summed E-state index contributed by atoms with van der Waals surface area (Å²) in [5.74, 6) is 1.06. The van der Waals surface area contributed by atoms with Gasteiger partial charge in [-0.25, -0.2) is 0 Å². The molecule has 0 heterocycles. The third kappa shape index (κ3) is 3.99. The molecule has 1 fully saturated rings. The first-order valence-electron chi connectivity index (χ1n) is 7.81. The van der Waals surface area contributed by atoms with E-state index in [-0.39, 0.29) is 11.1 Å². The number of hydrogen-bond acceptors (Lipinski definition) is 2. The minimum absolute atomic E-state index is 0.0677. The smallest absolute Gasteiger partial charge is 0.123 e. The van der Waals surface area contributed by atoms with Crippen molar-refractivity contribution in [1.82, 2.24) is 5.32 Å². The summed E-state index contributed by atoms with van der Waals surface area (Å²) in [7, 11) is 0. The highest BCUT2D eigenvalue weighted by molar-refractivity contribution is 5.36. The van der Waals surface area contributed by atoms with Crippen LogP contribution in [0.1, 0.15) is 57.6 Å². The summed E-state index contributed by atoms with van der Waals surface area (Å²) in [6.07, 6.45) is 4.76. The maximum absolute atomic E-state index is 6.40. The Morgan fingerprint density at radius 2 is 1.90 bits per heavy atom. The number of aryl methyl sites for hydroxylation is 2. The Bertz CT molecular complexity index is 455. The predicted octanol–water partition coefficient (Wildman–Crippen LogP) is 4.38. The molecule has 112 valence electrons. The van der Waals surface area contributed by atoms with Crippen molar-refractivity contribution in [2.75, 3.05) is 6.54 Å². The van der Waals surface area contributed by atoms with Crippen LogP contribution < -0.4 is 10.1 Å². The van der Waals surface area contributed by atoms with Gasteiger partial charge in [0.2, 0.25) is 0 Å². The monoisotopic (exact) mass is 275 g/mol. The number of benzene rings is 1. The summed E-state index contributed by atoms with van der Waals surface area (Å²) in [4.78, 5) is 0. The number of nitrogens with one attached hydrogen (secondary N) is 1. The molecule has 2 nitrogen and oxygen atoms in total. The summed E-state index contributed by atoms with van der Waals surface area (Å²) in [6, 6.07) is 6.47. The lowest BCUT2D eigenvalue weighted by atomic mass is 9.77. The Morgan fingerprint density at radius 1 is 1.20 bits per heavy atom. The van der Waals surface area contributed by atoms with E-state index in [1.165, 1.54) is 30.4 Å². The highest BCUT2D eigenvalue weighted by Gasteiger charge is 2.39. The van der Waals surface area contributed by atoms with Gasteiger partial charge in [0.1, 0.15) is 11.4 Å². The first-order chi connectivity index (χ1) is 9.30. The van der Waals surface area contributed by atoms with E-state index in [0.29, 0.717) is 0 Å². The zero-order valence-corrected chi connectivity index (χ0v) is 13.7. The van der Waals surface area contributed by atoms with Gasteiger partial charge in [-0.05, 0) is 78.5 Å². The lowest BCUT2D eigenvalue weighted by Gasteiger charge is -2.43. The summed E-state index contributed by atoms with van der Waals surface area (Å²) in [5, 5.41) is 3.58. The highest BCUT2D eigenvalue weighted by Crippen LogP contribution is 2.40. The van der Waals surface area contributed by atoms with Crippen LogP contribution in [-0.4, -0.2) is 17.7 Å². The van der Waals surface area contributed by atoms with E-state index in [4.69, 9.17) is 4.74 Å². The van der Waals surface area contributed by atoms with Crippen molar-refractivity contribution in [3.8, 4) is 5.75 Å². The summed E-state index contributed by atoms with van der Waals surface area (Å²) >= 11 is 0. The standard InChI is InChI=1S/C18H29NO/c1-14-7-8-16(15(2)13-14)20-18(9-6-10-18)11-12-19-17(3,4)5/h7-8,13,19H,6,9-12H2,1-5H3. The minimum atomic E-state index is 0.0677. The van der Waals surface area contributed by atoms with Crippen LogP contribution >= 0.6 is 0 Å². The molecule has 0 spiro atoms. The van der Waals surface area contributed by atoms with E-state index < -0.39 is 0 Å². The van der Waals surface area contributed by atoms with E-state index >= 15 is 0 Å². The van der Waals surface area contributed by atoms with Gasteiger partial charge >= 0.3 is 0 Å². The van der Waals surface area contributed by atoms with Crippen LogP contribution in [0.2, 0.25) is 0 Å². The largest absolute Gasteiger partial charge is 0.487 e. The second-order valence-electron chi connectivity index (χ2n) is 7.33. The molecule has 0 saturated heterocycles. The Morgan fingerprint density at radius 3 is 2.40 bits per heavy atom. The second-order valence-corrected chi connectivity index (χ2v) is 7.33. The Kier molecular flexibility index (Phi) is 4.43. The molecule has 1 N–H and O–H groups in total. The predicted molar refractivity (Wildman–Crippen MR) is 85.5 cm³/mol. The fourth-order valence-corrected chi connectivity index (χ4v) is 2.79. The number of rotatable bonds is 5. The first kappa shape index (κ1) is 15.4. The molecular formula is C18H29NO. The van der Waals surface area contributed by atoms with Gasteiger partial charge in [0.25, 0.3) is 0 Å². The molecule has 0 atom stereocenters. The quantitative estimate of drug-likeness (QED) is 0.861. The molecule has 20 heavy (non-hydrogen) atoms. The third-order valence-corrected chi connectivity index (χ3v) is 4.16.